The number of esters is 1. The molecule has 0 fully saturated rings. The first-order valence-corrected chi connectivity index (χ1v) is 8.27. The van der Waals surface area contributed by atoms with Crippen LogP contribution in [0.25, 0.3) is 5.57 Å². The minimum Gasteiger partial charge on any atom is -0.463 e. The zero-order valence-electron chi connectivity index (χ0n) is 13.6. The Morgan fingerprint density at radius 2 is 2.05 bits per heavy atom. The van der Waals surface area contributed by atoms with Crippen molar-refractivity contribution in [2.24, 2.45) is 0 Å². The first kappa shape index (κ1) is 16.6. The summed E-state index contributed by atoms with van der Waals surface area (Å²) < 4.78 is 4.99. The molecular weight excluding hydrogens is 292 g/mol. The molecule has 0 atom stereocenters. The molecule has 22 heavy (non-hydrogen) atoms. The molecule has 0 bridgehead atoms. The average Bonchev–Trinajstić information content (AvgIpc) is 2.43. The molecule has 1 aromatic rings. The van der Waals surface area contributed by atoms with Gasteiger partial charge in [0.05, 0.1) is 6.61 Å². The van der Waals surface area contributed by atoms with Crippen molar-refractivity contribution in [1.82, 2.24) is 0 Å². The summed E-state index contributed by atoms with van der Waals surface area (Å²) in [6.07, 6.45) is 7.83. The topological polar surface area (TPSA) is 26.3 Å². The Bertz CT molecular complexity index is 651. The molecule has 3 heteroatoms. The molecule has 0 spiro atoms. The van der Waals surface area contributed by atoms with E-state index in [0.717, 1.165) is 5.57 Å². The van der Waals surface area contributed by atoms with Crippen molar-refractivity contribution in [2.75, 3.05) is 6.61 Å². The molecule has 2 rings (SSSR count). The summed E-state index contributed by atoms with van der Waals surface area (Å²) in [5.41, 5.74) is 3.32. The lowest BCUT2D eigenvalue weighted by Crippen LogP contribution is -2.15. The Hall–Kier alpha value is -1.74. The monoisotopic (exact) mass is 314 g/mol. The van der Waals surface area contributed by atoms with Gasteiger partial charge in [0.25, 0.3) is 0 Å². The van der Waals surface area contributed by atoms with Crippen LogP contribution in [0.5, 0.6) is 0 Å². The van der Waals surface area contributed by atoms with Crippen LogP contribution >= 0.6 is 11.8 Å². The third-order valence-electron chi connectivity index (χ3n) is 3.23. The van der Waals surface area contributed by atoms with Crippen LogP contribution in [0.1, 0.15) is 33.3 Å². The molecule has 0 saturated heterocycles. The fourth-order valence-electron chi connectivity index (χ4n) is 2.34. The highest BCUT2D eigenvalue weighted by Crippen LogP contribution is 2.44. The lowest BCUT2D eigenvalue weighted by molar-refractivity contribution is -0.137. The maximum Gasteiger partial charge on any atom is 0.330 e. The number of rotatable bonds is 4. The number of ether oxygens (including phenoxy) is 1. The molecule has 116 valence electrons. The van der Waals surface area contributed by atoms with Crippen molar-refractivity contribution in [1.29, 1.82) is 0 Å². The van der Waals surface area contributed by atoms with Gasteiger partial charge in [0.15, 0.2) is 0 Å². The molecular formula is C19H22O2S. The van der Waals surface area contributed by atoms with Gasteiger partial charge in [0, 0.05) is 15.7 Å². The van der Waals surface area contributed by atoms with Gasteiger partial charge >= 0.3 is 5.97 Å². The van der Waals surface area contributed by atoms with Crippen molar-refractivity contribution in [3.05, 3.63) is 59.7 Å². The lowest BCUT2D eigenvalue weighted by Gasteiger charge is -2.28. The van der Waals surface area contributed by atoms with Crippen LogP contribution in [0.2, 0.25) is 0 Å². The molecule has 0 N–H and O–H groups in total. The van der Waals surface area contributed by atoms with Crippen molar-refractivity contribution < 1.29 is 9.53 Å². The van der Waals surface area contributed by atoms with Gasteiger partial charge < -0.3 is 4.74 Å². The highest BCUT2D eigenvalue weighted by molar-refractivity contribution is 8.01. The van der Waals surface area contributed by atoms with E-state index in [1.54, 1.807) is 6.92 Å². The van der Waals surface area contributed by atoms with Gasteiger partial charge in [-0.15, -0.1) is 11.8 Å². The highest BCUT2D eigenvalue weighted by atomic mass is 32.2. The van der Waals surface area contributed by atoms with Gasteiger partial charge in [-0.1, -0.05) is 36.4 Å². The van der Waals surface area contributed by atoms with E-state index in [-0.39, 0.29) is 10.7 Å². The van der Waals surface area contributed by atoms with E-state index in [2.05, 4.69) is 50.3 Å². The molecule has 0 aromatic heterocycles. The van der Waals surface area contributed by atoms with Crippen LogP contribution < -0.4 is 0 Å². The minimum absolute atomic E-state index is 0.0623. The van der Waals surface area contributed by atoms with Crippen molar-refractivity contribution in [3.63, 3.8) is 0 Å². The second kappa shape index (κ2) is 7.01. The average molecular weight is 314 g/mol. The number of carbonyl (C=O) groups excluding carboxylic acids is 1. The molecule has 1 heterocycles. The van der Waals surface area contributed by atoms with E-state index in [1.807, 2.05) is 24.8 Å². The molecule has 0 amide bonds. The van der Waals surface area contributed by atoms with Crippen LogP contribution in [0.3, 0.4) is 0 Å². The summed E-state index contributed by atoms with van der Waals surface area (Å²) >= 11 is 1.87. The fourth-order valence-corrected chi connectivity index (χ4v) is 3.53. The van der Waals surface area contributed by atoms with E-state index in [4.69, 9.17) is 4.74 Å². The first-order valence-electron chi connectivity index (χ1n) is 7.46. The second-order valence-electron chi connectivity index (χ2n) is 5.78. The van der Waals surface area contributed by atoms with Crippen LogP contribution in [0.4, 0.5) is 0 Å². The molecule has 1 aliphatic rings. The maximum atomic E-state index is 11.5. The Balaban J connectivity index is 2.25. The van der Waals surface area contributed by atoms with E-state index in [9.17, 15) is 4.79 Å². The van der Waals surface area contributed by atoms with E-state index in [0.29, 0.717) is 6.61 Å². The Kier molecular flexibility index (Phi) is 5.30. The van der Waals surface area contributed by atoms with Gasteiger partial charge in [-0.2, -0.15) is 0 Å². The number of allylic oxidation sites excluding steroid dienone is 4. The number of hydrogen-bond donors (Lipinski definition) is 0. The van der Waals surface area contributed by atoms with Gasteiger partial charge in [-0.05, 0) is 50.5 Å². The lowest BCUT2D eigenvalue weighted by atomic mass is 9.99. The van der Waals surface area contributed by atoms with E-state index < -0.39 is 0 Å². The van der Waals surface area contributed by atoms with Gasteiger partial charge in [-0.25, -0.2) is 4.79 Å². The molecule has 1 aromatic carbocycles. The van der Waals surface area contributed by atoms with E-state index in [1.165, 1.54) is 22.1 Å². The predicted molar refractivity (Wildman–Crippen MR) is 93.9 cm³/mol. The van der Waals surface area contributed by atoms with Crippen LogP contribution in [-0.2, 0) is 9.53 Å². The van der Waals surface area contributed by atoms with Crippen LogP contribution in [-0.4, -0.2) is 17.3 Å². The number of benzene rings is 1. The van der Waals surface area contributed by atoms with Gasteiger partial charge in [0.2, 0.25) is 0 Å². The molecule has 0 aliphatic carbocycles. The molecule has 1 aliphatic heterocycles. The number of carbonyl (C=O) groups is 1. The predicted octanol–water partition coefficient (Wildman–Crippen LogP) is 5.02. The second-order valence-corrected chi connectivity index (χ2v) is 7.47. The standard InChI is InChI=1S/C19H22O2S/c1-5-21-18(20)12-14(2)10-11-15-13-19(3,4)22-17-9-7-6-8-16(15)17/h6-13H,5H2,1-4H3/b11-10+,14-12+. The van der Waals surface area contributed by atoms with Crippen molar-refractivity contribution >= 4 is 23.3 Å². The third-order valence-corrected chi connectivity index (χ3v) is 4.45. The summed E-state index contributed by atoms with van der Waals surface area (Å²) in [4.78, 5) is 12.7. The molecule has 0 unspecified atom stereocenters. The quantitative estimate of drug-likeness (QED) is 0.443. The summed E-state index contributed by atoms with van der Waals surface area (Å²) in [6.45, 7) is 8.53. The normalized spacial score (nSPS) is 17.1. The Labute approximate surface area is 136 Å². The first-order chi connectivity index (χ1) is 10.4. The number of hydrogen-bond acceptors (Lipinski definition) is 3. The number of fused-ring (bicyclic) bond motifs is 1. The van der Waals surface area contributed by atoms with Gasteiger partial charge in [0.1, 0.15) is 0 Å². The Morgan fingerprint density at radius 3 is 2.77 bits per heavy atom. The van der Waals surface area contributed by atoms with Crippen molar-refractivity contribution in [2.45, 2.75) is 37.3 Å². The molecule has 2 nitrogen and oxygen atoms in total. The van der Waals surface area contributed by atoms with Crippen molar-refractivity contribution in [3.8, 4) is 0 Å². The fraction of sp³-hybridized carbons (Fsp3) is 0.316. The summed E-state index contributed by atoms with van der Waals surface area (Å²) in [5.74, 6) is -0.293. The van der Waals surface area contributed by atoms with Crippen LogP contribution in [0, 0.1) is 0 Å². The van der Waals surface area contributed by atoms with Crippen LogP contribution in [0.15, 0.2) is 59.0 Å². The van der Waals surface area contributed by atoms with E-state index >= 15 is 0 Å². The smallest absolute Gasteiger partial charge is 0.330 e. The van der Waals surface area contributed by atoms with Gasteiger partial charge in [-0.3, -0.25) is 0 Å². The summed E-state index contributed by atoms with van der Waals surface area (Å²) in [6, 6.07) is 8.42. The largest absolute Gasteiger partial charge is 0.463 e. The third kappa shape index (κ3) is 4.38. The summed E-state index contributed by atoms with van der Waals surface area (Å²) in [5, 5.41) is 0. The maximum absolute atomic E-state index is 11.5. The molecule has 0 radical (unpaired) electrons. The SMILES string of the molecule is CCOC(=O)/C=C(C)/C=C/C1=CC(C)(C)Sc2ccccc21. The Morgan fingerprint density at radius 1 is 1.32 bits per heavy atom. The molecule has 0 saturated carbocycles. The minimum atomic E-state index is -0.293. The summed E-state index contributed by atoms with van der Waals surface area (Å²) in [7, 11) is 0. The number of thioether (sulfide) groups is 1. The zero-order valence-corrected chi connectivity index (χ0v) is 14.4. The zero-order chi connectivity index (χ0) is 16.2. The highest BCUT2D eigenvalue weighted by Gasteiger charge is 2.24.